The highest BCUT2D eigenvalue weighted by Crippen LogP contribution is 2.25. The first-order valence-electron chi connectivity index (χ1n) is 6.78. The molecule has 0 aliphatic carbocycles. The maximum Gasteiger partial charge on any atom is 0.243 e. The summed E-state index contributed by atoms with van der Waals surface area (Å²) >= 11 is 0. The van der Waals surface area contributed by atoms with Crippen molar-refractivity contribution in [3.8, 4) is 0 Å². The highest BCUT2D eigenvalue weighted by atomic mass is 32.2. The SMILES string of the molecule is CNCc1ccccc1S(=O)(=O)N1CCC(C)CC1. The summed E-state index contributed by atoms with van der Waals surface area (Å²) in [4.78, 5) is 0.443. The van der Waals surface area contributed by atoms with Crippen molar-refractivity contribution in [2.75, 3.05) is 20.1 Å². The molecule has 1 aromatic rings. The van der Waals surface area contributed by atoms with E-state index >= 15 is 0 Å². The van der Waals surface area contributed by atoms with E-state index in [1.165, 1.54) is 0 Å². The van der Waals surface area contributed by atoms with Gasteiger partial charge in [-0.3, -0.25) is 0 Å². The molecule has 5 heteroatoms. The van der Waals surface area contributed by atoms with E-state index < -0.39 is 10.0 Å². The fourth-order valence-electron chi connectivity index (χ4n) is 2.46. The Morgan fingerprint density at radius 2 is 1.89 bits per heavy atom. The van der Waals surface area contributed by atoms with Gasteiger partial charge in [-0.25, -0.2) is 8.42 Å². The molecule has 0 amide bonds. The Labute approximate surface area is 115 Å². The topological polar surface area (TPSA) is 49.4 Å². The first-order valence-corrected chi connectivity index (χ1v) is 8.22. The summed E-state index contributed by atoms with van der Waals surface area (Å²) in [6, 6.07) is 7.25. The van der Waals surface area contributed by atoms with Crippen LogP contribution in [0.15, 0.2) is 29.2 Å². The van der Waals surface area contributed by atoms with E-state index in [0.29, 0.717) is 30.4 Å². The number of hydrogen-bond acceptors (Lipinski definition) is 3. The molecule has 0 spiro atoms. The molecule has 0 atom stereocenters. The van der Waals surface area contributed by atoms with Crippen LogP contribution in [-0.2, 0) is 16.6 Å². The van der Waals surface area contributed by atoms with E-state index in [9.17, 15) is 8.42 Å². The summed E-state index contributed by atoms with van der Waals surface area (Å²) in [7, 11) is -1.52. The van der Waals surface area contributed by atoms with Gasteiger partial charge >= 0.3 is 0 Å². The maximum atomic E-state index is 12.7. The molecular formula is C14H22N2O2S. The van der Waals surface area contributed by atoms with Gasteiger partial charge in [-0.2, -0.15) is 4.31 Å². The first kappa shape index (κ1) is 14.5. The van der Waals surface area contributed by atoms with Crippen LogP contribution >= 0.6 is 0 Å². The number of sulfonamides is 1. The molecule has 1 aromatic carbocycles. The van der Waals surface area contributed by atoms with Crippen LogP contribution in [0, 0.1) is 5.92 Å². The number of nitrogens with one attached hydrogen (secondary N) is 1. The van der Waals surface area contributed by atoms with Crippen LogP contribution in [0.1, 0.15) is 25.3 Å². The Bertz CT molecular complexity index is 520. The van der Waals surface area contributed by atoms with Crippen LogP contribution in [0.3, 0.4) is 0 Å². The zero-order valence-electron chi connectivity index (χ0n) is 11.6. The van der Waals surface area contributed by atoms with Gasteiger partial charge in [0.1, 0.15) is 0 Å². The number of nitrogens with zero attached hydrogens (tertiary/aromatic N) is 1. The lowest BCUT2D eigenvalue weighted by atomic mass is 10.0. The molecule has 1 fully saturated rings. The zero-order chi connectivity index (χ0) is 13.9. The molecule has 2 rings (SSSR count). The quantitative estimate of drug-likeness (QED) is 0.916. The molecular weight excluding hydrogens is 260 g/mol. The summed E-state index contributed by atoms with van der Waals surface area (Å²) in [5.41, 5.74) is 0.837. The van der Waals surface area contributed by atoms with Gasteiger partial charge in [-0.1, -0.05) is 25.1 Å². The van der Waals surface area contributed by atoms with Crippen LogP contribution in [0.5, 0.6) is 0 Å². The minimum absolute atomic E-state index is 0.443. The summed E-state index contributed by atoms with van der Waals surface area (Å²) in [5, 5.41) is 3.02. The monoisotopic (exact) mass is 282 g/mol. The van der Waals surface area contributed by atoms with Crippen LogP contribution in [0.2, 0.25) is 0 Å². The van der Waals surface area contributed by atoms with Crippen LogP contribution in [-0.4, -0.2) is 32.9 Å². The summed E-state index contributed by atoms with van der Waals surface area (Å²) < 4.78 is 27.0. The highest BCUT2D eigenvalue weighted by Gasteiger charge is 2.29. The lowest BCUT2D eigenvalue weighted by molar-refractivity contribution is 0.288. The van der Waals surface area contributed by atoms with Gasteiger partial charge in [0.05, 0.1) is 4.90 Å². The third-order valence-electron chi connectivity index (χ3n) is 3.70. The van der Waals surface area contributed by atoms with Gasteiger partial charge in [0.25, 0.3) is 0 Å². The van der Waals surface area contributed by atoms with E-state index in [-0.39, 0.29) is 0 Å². The van der Waals surface area contributed by atoms with Gasteiger partial charge in [-0.05, 0) is 37.4 Å². The lowest BCUT2D eigenvalue weighted by Crippen LogP contribution is -2.38. The van der Waals surface area contributed by atoms with Gasteiger partial charge in [-0.15, -0.1) is 0 Å². The Hall–Kier alpha value is -0.910. The van der Waals surface area contributed by atoms with E-state index in [1.54, 1.807) is 16.4 Å². The minimum Gasteiger partial charge on any atom is -0.316 e. The predicted octanol–water partition coefficient (Wildman–Crippen LogP) is 1.83. The van der Waals surface area contributed by atoms with E-state index in [1.807, 2.05) is 19.2 Å². The number of hydrogen-bond donors (Lipinski definition) is 1. The van der Waals surface area contributed by atoms with Crippen LogP contribution < -0.4 is 5.32 Å². The molecule has 1 N–H and O–H groups in total. The summed E-state index contributed by atoms with van der Waals surface area (Å²) in [6.07, 6.45) is 1.90. The number of piperidine rings is 1. The average molecular weight is 282 g/mol. The second-order valence-corrected chi connectivity index (χ2v) is 7.13. The average Bonchev–Trinajstić information content (AvgIpc) is 2.40. The van der Waals surface area contributed by atoms with Crippen LogP contribution in [0.4, 0.5) is 0 Å². The minimum atomic E-state index is -3.34. The summed E-state index contributed by atoms with van der Waals surface area (Å²) in [5.74, 6) is 0.624. The molecule has 0 bridgehead atoms. The van der Waals surface area contributed by atoms with Crippen molar-refractivity contribution in [1.82, 2.24) is 9.62 Å². The first-order chi connectivity index (χ1) is 9.05. The smallest absolute Gasteiger partial charge is 0.243 e. The molecule has 19 heavy (non-hydrogen) atoms. The molecule has 106 valence electrons. The fourth-order valence-corrected chi connectivity index (χ4v) is 4.15. The second-order valence-electron chi connectivity index (χ2n) is 5.22. The number of benzene rings is 1. The Morgan fingerprint density at radius 1 is 1.26 bits per heavy atom. The molecule has 0 aromatic heterocycles. The third-order valence-corrected chi connectivity index (χ3v) is 5.70. The summed E-state index contributed by atoms with van der Waals surface area (Å²) in [6.45, 7) is 4.02. The maximum absolute atomic E-state index is 12.7. The van der Waals surface area contributed by atoms with E-state index in [4.69, 9.17) is 0 Å². The van der Waals surface area contributed by atoms with Gasteiger partial charge < -0.3 is 5.32 Å². The Kier molecular flexibility index (Phi) is 4.60. The van der Waals surface area contributed by atoms with Crippen molar-refractivity contribution in [1.29, 1.82) is 0 Å². The molecule has 0 saturated carbocycles. The largest absolute Gasteiger partial charge is 0.316 e. The Balaban J connectivity index is 2.29. The molecule has 1 saturated heterocycles. The molecule has 0 radical (unpaired) electrons. The molecule has 1 heterocycles. The van der Waals surface area contributed by atoms with Gasteiger partial charge in [0.15, 0.2) is 0 Å². The molecule has 1 aliphatic heterocycles. The van der Waals surface area contributed by atoms with Crippen molar-refractivity contribution in [2.24, 2.45) is 5.92 Å². The van der Waals surface area contributed by atoms with Crippen molar-refractivity contribution >= 4 is 10.0 Å². The van der Waals surface area contributed by atoms with Crippen molar-refractivity contribution in [2.45, 2.75) is 31.2 Å². The van der Waals surface area contributed by atoms with E-state index in [2.05, 4.69) is 12.2 Å². The molecule has 1 aliphatic rings. The van der Waals surface area contributed by atoms with Crippen LogP contribution in [0.25, 0.3) is 0 Å². The zero-order valence-corrected chi connectivity index (χ0v) is 12.4. The van der Waals surface area contributed by atoms with Crippen molar-refractivity contribution < 1.29 is 8.42 Å². The third kappa shape index (κ3) is 3.16. The van der Waals surface area contributed by atoms with Crippen molar-refractivity contribution in [3.05, 3.63) is 29.8 Å². The van der Waals surface area contributed by atoms with E-state index in [0.717, 1.165) is 18.4 Å². The van der Waals surface area contributed by atoms with Crippen molar-refractivity contribution in [3.63, 3.8) is 0 Å². The van der Waals surface area contributed by atoms with Gasteiger partial charge in [0, 0.05) is 19.6 Å². The Morgan fingerprint density at radius 3 is 2.53 bits per heavy atom. The van der Waals surface area contributed by atoms with Gasteiger partial charge in [0.2, 0.25) is 10.0 Å². The molecule has 0 unspecified atom stereocenters. The molecule has 4 nitrogen and oxygen atoms in total. The number of rotatable bonds is 4. The standard InChI is InChI=1S/C14H22N2O2S/c1-12-7-9-16(10-8-12)19(17,18)14-6-4-3-5-13(14)11-15-2/h3-6,12,15H,7-11H2,1-2H3. The highest BCUT2D eigenvalue weighted by molar-refractivity contribution is 7.89. The normalized spacial score (nSPS) is 18.6. The second kappa shape index (κ2) is 6.03. The lowest BCUT2D eigenvalue weighted by Gasteiger charge is -2.30. The fraction of sp³-hybridized carbons (Fsp3) is 0.571. The predicted molar refractivity (Wildman–Crippen MR) is 76.4 cm³/mol.